The van der Waals surface area contributed by atoms with Crippen molar-refractivity contribution >= 4 is 23.2 Å². The number of hydrogen-bond acceptors (Lipinski definition) is 3. The molecular formula is C18H21N3O2. The first-order valence-electron chi connectivity index (χ1n) is 7.43. The predicted molar refractivity (Wildman–Crippen MR) is 92.4 cm³/mol. The number of benzene rings is 2. The number of nitrogens with zero attached hydrogens (tertiary/aromatic N) is 1. The Morgan fingerprint density at radius 2 is 1.30 bits per heavy atom. The fraction of sp³-hybridized carbons (Fsp3) is 0.222. The van der Waals surface area contributed by atoms with Gasteiger partial charge in [0.05, 0.1) is 13.1 Å². The molecule has 23 heavy (non-hydrogen) atoms. The highest BCUT2D eigenvalue weighted by molar-refractivity contribution is 5.94. The van der Waals surface area contributed by atoms with Crippen LogP contribution in [-0.2, 0) is 9.59 Å². The van der Waals surface area contributed by atoms with Crippen molar-refractivity contribution in [2.24, 2.45) is 0 Å². The first kappa shape index (κ1) is 16.7. The third-order valence-electron chi connectivity index (χ3n) is 3.22. The molecule has 0 spiro atoms. The van der Waals surface area contributed by atoms with Crippen LogP contribution in [0.5, 0.6) is 0 Å². The van der Waals surface area contributed by atoms with E-state index in [1.807, 2.05) is 61.5 Å². The van der Waals surface area contributed by atoms with Gasteiger partial charge in [-0.15, -0.1) is 0 Å². The molecule has 0 atom stereocenters. The van der Waals surface area contributed by atoms with E-state index in [2.05, 4.69) is 10.6 Å². The van der Waals surface area contributed by atoms with Gasteiger partial charge >= 0.3 is 0 Å². The van der Waals surface area contributed by atoms with E-state index in [0.29, 0.717) is 0 Å². The number of amides is 2. The molecular weight excluding hydrogens is 290 g/mol. The first-order chi connectivity index (χ1) is 11.0. The normalized spacial score (nSPS) is 10.4. The van der Waals surface area contributed by atoms with Gasteiger partial charge in [0.15, 0.2) is 0 Å². The van der Waals surface area contributed by atoms with Crippen molar-refractivity contribution in [3.05, 3.63) is 60.2 Å². The highest BCUT2D eigenvalue weighted by Crippen LogP contribution is 2.08. The number of para-hydroxylation sites is 1. The third-order valence-corrected chi connectivity index (χ3v) is 3.22. The molecule has 0 fully saturated rings. The van der Waals surface area contributed by atoms with Gasteiger partial charge in [0.1, 0.15) is 0 Å². The lowest BCUT2D eigenvalue weighted by Crippen LogP contribution is -2.36. The summed E-state index contributed by atoms with van der Waals surface area (Å²) in [4.78, 5) is 25.5. The predicted octanol–water partition coefficient (Wildman–Crippen LogP) is 2.50. The summed E-state index contributed by atoms with van der Waals surface area (Å²) >= 11 is 0. The van der Waals surface area contributed by atoms with Gasteiger partial charge in [-0.05, 0) is 38.2 Å². The fourth-order valence-electron chi connectivity index (χ4n) is 2.11. The standard InChI is InChI=1S/C18H21N3O2/c1-14-8-10-16(11-9-14)20-18(23)13-21(2)12-17(22)19-15-6-4-3-5-7-15/h3-11H,12-13H2,1-2H3,(H,19,22)(H,20,23). The zero-order valence-electron chi connectivity index (χ0n) is 13.4. The van der Waals surface area contributed by atoms with E-state index in [0.717, 1.165) is 16.9 Å². The molecule has 120 valence electrons. The van der Waals surface area contributed by atoms with Crippen LogP contribution in [0.2, 0.25) is 0 Å². The Morgan fingerprint density at radius 1 is 0.826 bits per heavy atom. The number of anilines is 2. The molecule has 5 heteroatoms. The van der Waals surface area contributed by atoms with Crippen LogP contribution >= 0.6 is 0 Å². The SMILES string of the molecule is Cc1ccc(NC(=O)CN(C)CC(=O)Nc2ccccc2)cc1. The summed E-state index contributed by atoms with van der Waals surface area (Å²) in [6, 6.07) is 16.8. The highest BCUT2D eigenvalue weighted by Gasteiger charge is 2.11. The Hall–Kier alpha value is -2.66. The molecule has 2 aromatic carbocycles. The van der Waals surface area contributed by atoms with E-state index in [4.69, 9.17) is 0 Å². The second-order valence-electron chi connectivity index (χ2n) is 5.50. The second kappa shape index (κ2) is 8.10. The van der Waals surface area contributed by atoms with E-state index in [1.165, 1.54) is 0 Å². The number of carbonyl (C=O) groups is 2. The van der Waals surface area contributed by atoms with E-state index in [9.17, 15) is 9.59 Å². The van der Waals surface area contributed by atoms with Crippen molar-refractivity contribution in [3.63, 3.8) is 0 Å². The van der Waals surface area contributed by atoms with Gasteiger partial charge in [-0.2, -0.15) is 0 Å². The summed E-state index contributed by atoms with van der Waals surface area (Å²) in [5.41, 5.74) is 2.63. The lowest BCUT2D eigenvalue weighted by atomic mass is 10.2. The van der Waals surface area contributed by atoms with Gasteiger partial charge in [0, 0.05) is 11.4 Å². The molecule has 5 nitrogen and oxygen atoms in total. The molecule has 2 rings (SSSR count). The minimum atomic E-state index is -0.151. The van der Waals surface area contributed by atoms with Gasteiger partial charge < -0.3 is 10.6 Å². The Morgan fingerprint density at radius 3 is 1.83 bits per heavy atom. The molecule has 0 bridgehead atoms. The number of hydrogen-bond donors (Lipinski definition) is 2. The smallest absolute Gasteiger partial charge is 0.238 e. The molecule has 0 aliphatic rings. The summed E-state index contributed by atoms with van der Waals surface area (Å²) < 4.78 is 0. The summed E-state index contributed by atoms with van der Waals surface area (Å²) in [5.74, 6) is -0.300. The van der Waals surface area contributed by atoms with Crippen LogP contribution in [0.15, 0.2) is 54.6 Å². The minimum Gasteiger partial charge on any atom is -0.325 e. The van der Waals surface area contributed by atoms with Gasteiger partial charge in [-0.25, -0.2) is 0 Å². The van der Waals surface area contributed by atoms with Crippen molar-refractivity contribution in [2.75, 3.05) is 30.8 Å². The maximum atomic E-state index is 12.0. The lowest BCUT2D eigenvalue weighted by Gasteiger charge is -2.16. The average molecular weight is 311 g/mol. The van der Waals surface area contributed by atoms with Crippen LogP contribution in [0, 0.1) is 6.92 Å². The maximum Gasteiger partial charge on any atom is 0.238 e. The average Bonchev–Trinajstić information content (AvgIpc) is 2.50. The largest absolute Gasteiger partial charge is 0.325 e. The number of nitrogens with one attached hydrogen (secondary N) is 2. The van der Waals surface area contributed by atoms with Gasteiger partial charge in [-0.3, -0.25) is 14.5 Å². The topological polar surface area (TPSA) is 61.4 Å². The Kier molecular flexibility index (Phi) is 5.88. The molecule has 0 aliphatic carbocycles. The highest BCUT2D eigenvalue weighted by atomic mass is 16.2. The van der Waals surface area contributed by atoms with Crippen LogP contribution in [0.1, 0.15) is 5.56 Å². The van der Waals surface area contributed by atoms with E-state index in [1.54, 1.807) is 11.9 Å². The van der Waals surface area contributed by atoms with Crippen molar-refractivity contribution in [3.8, 4) is 0 Å². The minimum absolute atomic E-state index is 0.149. The van der Waals surface area contributed by atoms with Crippen LogP contribution in [-0.4, -0.2) is 36.9 Å². The summed E-state index contributed by atoms with van der Waals surface area (Å²) in [7, 11) is 1.74. The molecule has 0 saturated carbocycles. The zero-order chi connectivity index (χ0) is 16.7. The van der Waals surface area contributed by atoms with Gasteiger partial charge in [0.2, 0.25) is 11.8 Å². The van der Waals surface area contributed by atoms with Crippen molar-refractivity contribution in [2.45, 2.75) is 6.92 Å². The Labute approximate surface area is 136 Å². The molecule has 2 aromatic rings. The van der Waals surface area contributed by atoms with E-state index >= 15 is 0 Å². The van der Waals surface area contributed by atoms with Crippen LogP contribution in [0.3, 0.4) is 0 Å². The number of likely N-dealkylation sites (N-methyl/N-ethyl adjacent to an activating group) is 1. The Bertz CT molecular complexity index is 654. The second-order valence-corrected chi connectivity index (χ2v) is 5.50. The van der Waals surface area contributed by atoms with Gasteiger partial charge in [-0.1, -0.05) is 35.9 Å². The molecule has 2 N–H and O–H groups in total. The van der Waals surface area contributed by atoms with Crippen LogP contribution in [0.4, 0.5) is 11.4 Å². The van der Waals surface area contributed by atoms with Crippen LogP contribution < -0.4 is 10.6 Å². The Balaban J connectivity index is 1.77. The molecule has 2 amide bonds. The van der Waals surface area contributed by atoms with Gasteiger partial charge in [0.25, 0.3) is 0 Å². The molecule has 0 unspecified atom stereocenters. The molecule has 0 aliphatic heterocycles. The third kappa shape index (κ3) is 5.92. The number of carbonyl (C=O) groups excluding carboxylic acids is 2. The van der Waals surface area contributed by atoms with E-state index in [-0.39, 0.29) is 24.9 Å². The lowest BCUT2D eigenvalue weighted by molar-refractivity contribution is -0.119. The van der Waals surface area contributed by atoms with E-state index < -0.39 is 0 Å². The first-order valence-corrected chi connectivity index (χ1v) is 7.43. The molecule has 0 radical (unpaired) electrons. The summed E-state index contributed by atoms with van der Waals surface area (Å²) in [5, 5.41) is 5.60. The van der Waals surface area contributed by atoms with Crippen LogP contribution in [0.25, 0.3) is 0 Å². The number of rotatable bonds is 6. The van der Waals surface area contributed by atoms with Crippen molar-refractivity contribution < 1.29 is 9.59 Å². The molecule has 0 saturated heterocycles. The number of aryl methyl sites for hydroxylation is 1. The monoisotopic (exact) mass is 311 g/mol. The molecule has 0 aromatic heterocycles. The summed E-state index contributed by atoms with van der Waals surface area (Å²) in [6.45, 7) is 2.29. The van der Waals surface area contributed by atoms with Crippen molar-refractivity contribution in [1.29, 1.82) is 0 Å². The molecule has 0 heterocycles. The fourth-order valence-corrected chi connectivity index (χ4v) is 2.11. The maximum absolute atomic E-state index is 12.0. The quantitative estimate of drug-likeness (QED) is 0.861. The zero-order valence-corrected chi connectivity index (χ0v) is 13.4. The summed E-state index contributed by atoms with van der Waals surface area (Å²) in [6.07, 6.45) is 0. The van der Waals surface area contributed by atoms with Crippen molar-refractivity contribution in [1.82, 2.24) is 4.90 Å².